The molecule has 0 spiro atoms. The van der Waals surface area contributed by atoms with Crippen LogP contribution in [0.5, 0.6) is 0 Å². The lowest BCUT2D eigenvalue weighted by atomic mass is 10.0. The van der Waals surface area contributed by atoms with Gasteiger partial charge in [-0.15, -0.1) is 0 Å². The van der Waals surface area contributed by atoms with Crippen molar-refractivity contribution >= 4 is 11.9 Å². The van der Waals surface area contributed by atoms with Gasteiger partial charge >= 0.3 is 11.9 Å². The van der Waals surface area contributed by atoms with Crippen LogP contribution in [0.15, 0.2) is 24.3 Å². The minimum absolute atomic E-state index is 0.0883. The van der Waals surface area contributed by atoms with Crippen LogP contribution < -0.4 is 0 Å². The highest BCUT2D eigenvalue weighted by Gasteiger charge is 2.17. The van der Waals surface area contributed by atoms with E-state index < -0.39 is 6.10 Å². The molecule has 0 N–H and O–H groups in total. The number of hydrogen-bond donors (Lipinski definition) is 0. The van der Waals surface area contributed by atoms with E-state index in [2.05, 4.69) is 45.1 Å². The number of carbonyl (C=O) groups excluding carboxylic acids is 2. The highest BCUT2D eigenvalue weighted by Crippen LogP contribution is 2.17. The third kappa shape index (κ3) is 57.0. The first-order chi connectivity index (χ1) is 33.6. The van der Waals surface area contributed by atoms with E-state index in [9.17, 15) is 9.59 Å². The van der Waals surface area contributed by atoms with Gasteiger partial charge < -0.3 is 14.2 Å². The first-order valence-corrected chi connectivity index (χ1v) is 30.9. The molecule has 402 valence electrons. The Bertz CT molecular complexity index is 1040. The number of esters is 2. The minimum Gasteiger partial charge on any atom is -0.462 e. The first kappa shape index (κ1) is 66.4. The quantitative estimate of drug-likeness (QED) is 0.0345. The lowest BCUT2D eigenvalue weighted by molar-refractivity contribution is -0.163. The molecule has 0 radical (unpaired) electrons. The molecule has 5 heteroatoms. The molecule has 68 heavy (non-hydrogen) atoms. The second-order valence-corrected chi connectivity index (χ2v) is 21.0. The lowest BCUT2D eigenvalue weighted by Crippen LogP contribution is -2.30. The maximum absolute atomic E-state index is 12.9. The summed E-state index contributed by atoms with van der Waals surface area (Å²) < 4.78 is 17.5. The maximum atomic E-state index is 12.9. The zero-order valence-corrected chi connectivity index (χ0v) is 46.4. The summed E-state index contributed by atoms with van der Waals surface area (Å²) in [6.07, 6.45) is 72.1. The van der Waals surface area contributed by atoms with E-state index in [1.807, 2.05) is 0 Å². The van der Waals surface area contributed by atoms with Gasteiger partial charge in [-0.2, -0.15) is 0 Å². The predicted molar refractivity (Wildman–Crippen MR) is 298 cm³/mol. The van der Waals surface area contributed by atoms with Crippen molar-refractivity contribution in [2.45, 2.75) is 348 Å². The van der Waals surface area contributed by atoms with Crippen LogP contribution in [0.4, 0.5) is 0 Å². The number of allylic oxidation sites excluding steroid dienone is 4. The van der Waals surface area contributed by atoms with Gasteiger partial charge in [-0.25, -0.2) is 0 Å². The minimum atomic E-state index is -0.536. The standard InChI is InChI=1S/C63H120O5/c1-4-7-10-13-16-19-22-25-28-30-32-33-36-38-41-44-47-50-53-56-62(64)67-60-61(68-63(65)57-54-51-48-45-42-39-35-27-24-21-18-15-12-9-6-3)59-66-58-55-52-49-46-43-40-37-34-31-29-26-23-20-17-14-11-8-5-2/h25,27-28,35,61H,4-24,26,29-34,36-60H2,1-3H3/b28-25-,35-27-. The topological polar surface area (TPSA) is 61.8 Å². The summed E-state index contributed by atoms with van der Waals surface area (Å²) >= 11 is 0. The van der Waals surface area contributed by atoms with E-state index in [-0.39, 0.29) is 18.5 Å². The molecule has 0 saturated heterocycles. The monoisotopic (exact) mass is 957 g/mol. The molecule has 5 nitrogen and oxygen atoms in total. The lowest BCUT2D eigenvalue weighted by Gasteiger charge is -2.18. The van der Waals surface area contributed by atoms with Gasteiger partial charge in [-0.1, -0.05) is 283 Å². The molecule has 0 bridgehead atoms. The second-order valence-electron chi connectivity index (χ2n) is 21.0. The second kappa shape index (κ2) is 59.7. The SMILES string of the molecule is CCCCCCCC/C=C\CCCCCCCCCCCC(=O)OCC(COCCCCCCCCCCCCCCCCCCCC)OC(=O)CCCCCCC/C=C\CCCCCCCC. The van der Waals surface area contributed by atoms with Crippen molar-refractivity contribution in [3.05, 3.63) is 24.3 Å². The number of unbranched alkanes of at least 4 members (excludes halogenated alkanes) is 43. The van der Waals surface area contributed by atoms with Crippen molar-refractivity contribution in [1.82, 2.24) is 0 Å². The summed E-state index contributed by atoms with van der Waals surface area (Å²) in [6.45, 7) is 7.89. The average Bonchev–Trinajstić information content (AvgIpc) is 3.34. The van der Waals surface area contributed by atoms with E-state index >= 15 is 0 Å². The Labute approximate surface area is 426 Å². The Morgan fingerprint density at radius 2 is 0.574 bits per heavy atom. The molecule has 0 aliphatic heterocycles. The molecule has 0 aromatic rings. The fourth-order valence-electron chi connectivity index (χ4n) is 9.33. The molecule has 0 aromatic heterocycles. The third-order valence-electron chi connectivity index (χ3n) is 14.0. The van der Waals surface area contributed by atoms with Gasteiger partial charge in [-0.3, -0.25) is 9.59 Å². The molecule has 0 fully saturated rings. The summed E-state index contributed by atoms with van der Waals surface area (Å²) in [7, 11) is 0. The van der Waals surface area contributed by atoms with Gasteiger partial charge in [0.05, 0.1) is 6.61 Å². The average molecular weight is 958 g/mol. The molecule has 0 rings (SSSR count). The molecule has 0 heterocycles. The van der Waals surface area contributed by atoms with Gasteiger partial charge in [0.1, 0.15) is 6.61 Å². The van der Waals surface area contributed by atoms with Crippen LogP contribution >= 0.6 is 0 Å². The number of rotatable bonds is 58. The number of carbonyl (C=O) groups is 2. The summed E-state index contributed by atoms with van der Waals surface area (Å²) in [4.78, 5) is 25.6. The van der Waals surface area contributed by atoms with E-state index in [0.29, 0.717) is 26.1 Å². The maximum Gasteiger partial charge on any atom is 0.306 e. The Hall–Kier alpha value is -1.62. The fourth-order valence-corrected chi connectivity index (χ4v) is 9.33. The zero-order chi connectivity index (χ0) is 49.2. The summed E-state index contributed by atoms with van der Waals surface area (Å²) in [5.41, 5.74) is 0. The molecular formula is C63H120O5. The smallest absolute Gasteiger partial charge is 0.306 e. The largest absolute Gasteiger partial charge is 0.462 e. The van der Waals surface area contributed by atoms with E-state index in [0.717, 1.165) is 44.9 Å². The van der Waals surface area contributed by atoms with Gasteiger partial charge in [0.15, 0.2) is 6.10 Å². The Morgan fingerprint density at radius 1 is 0.309 bits per heavy atom. The van der Waals surface area contributed by atoms with Crippen LogP contribution in [0, 0.1) is 0 Å². The summed E-state index contributed by atoms with van der Waals surface area (Å²) in [5, 5.41) is 0. The molecule has 0 saturated carbocycles. The Kier molecular flexibility index (Phi) is 58.3. The first-order valence-electron chi connectivity index (χ1n) is 30.9. The zero-order valence-electron chi connectivity index (χ0n) is 46.4. The summed E-state index contributed by atoms with van der Waals surface area (Å²) in [6, 6.07) is 0. The molecule has 1 atom stereocenters. The van der Waals surface area contributed by atoms with Crippen LogP contribution in [0.2, 0.25) is 0 Å². The number of ether oxygens (including phenoxy) is 3. The van der Waals surface area contributed by atoms with Crippen molar-refractivity contribution in [2.24, 2.45) is 0 Å². The van der Waals surface area contributed by atoms with Crippen molar-refractivity contribution in [3.8, 4) is 0 Å². The molecule has 0 amide bonds. The Morgan fingerprint density at radius 3 is 0.897 bits per heavy atom. The van der Waals surface area contributed by atoms with Gasteiger partial charge in [0.2, 0.25) is 0 Å². The van der Waals surface area contributed by atoms with Crippen LogP contribution in [0.3, 0.4) is 0 Å². The molecular weight excluding hydrogens is 837 g/mol. The third-order valence-corrected chi connectivity index (χ3v) is 14.0. The van der Waals surface area contributed by atoms with Gasteiger partial charge in [0, 0.05) is 19.4 Å². The van der Waals surface area contributed by atoms with Crippen molar-refractivity contribution in [3.63, 3.8) is 0 Å². The Balaban J connectivity index is 4.21. The normalized spacial score (nSPS) is 12.2. The van der Waals surface area contributed by atoms with Crippen molar-refractivity contribution in [1.29, 1.82) is 0 Å². The molecule has 1 unspecified atom stereocenters. The number of hydrogen-bond acceptors (Lipinski definition) is 5. The van der Waals surface area contributed by atoms with Crippen LogP contribution in [0.1, 0.15) is 342 Å². The fraction of sp³-hybridized carbons (Fsp3) is 0.905. The van der Waals surface area contributed by atoms with Crippen LogP contribution in [-0.4, -0.2) is 37.9 Å². The molecule has 0 aromatic carbocycles. The van der Waals surface area contributed by atoms with Crippen molar-refractivity contribution < 1.29 is 23.8 Å². The van der Waals surface area contributed by atoms with Gasteiger partial charge in [-0.05, 0) is 70.6 Å². The predicted octanol–water partition coefficient (Wildman–Crippen LogP) is 21.1. The van der Waals surface area contributed by atoms with Crippen molar-refractivity contribution in [2.75, 3.05) is 19.8 Å². The van der Waals surface area contributed by atoms with Crippen LogP contribution in [0.25, 0.3) is 0 Å². The highest BCUT2D eigenvalue weighted by atomic mass is 16.6. The molecule has 0 aliphatic carbocycles. The van der Waals surface area contributed by atoms with Crippen LogP contribution in [-0.2, 0) is 23.8 Å². The van der Waals surface area contributed by atoms with E-state index in [1.165, 1.54) is 263 Å². The van der Waals surface area contributed by atoms with E-state index in [4.69, 9.17) is 14.2 Å². The summed E-state index contributed by atoms with van der Waals surface area (Å²) in [5.74, 6) is -0.385. The highest BCUT2D eigenvalue weighted by molar-refractivity contribution is 5.70. The van der Waals surface area contributed by atoms with Gasteiger partial charge in [0.25, 0.3) is 0 Å². The van der Waals surface area contributed by atoms with E-state index in [1.54, 1.807) is 0 Å². The molecule has 0 aliphatic rings.